The fourth-order valence-corrected chi connectivity index (χ4v) is 3.00. The first kappa shape index (κ1) is 18.4. The molecule has 1 aromatic carbocycles. The second kappa shape index (κ2) is 8.24. The lowest BCUT2D eigenvalue weighted by molar-refractivity contribution is -0.116. The molecule has 6 heteroatoms. The van der Waals surface area contributed by atoms with E-state index in [0.29, 0.717) is 19.5 Å². The second-order valence-corrected chi connectivity index (χ2v) is 6.72. The molecular weight excluding hydrogens is 309 g/mol. The van der Waals surface area contributed by atoms with Crippen molar-refractivity contribution in [2.45, 2.75) is 45.6 Å². The number of hydrogen-bond acceptors (Lipinski definition) is 3. The lowest BCUT2D eigenvalue weighted by Crippen LogP contribution is -2.47. The van der Waals surface area contributed by atoms with E-state index in [1.807, 2.05) is 13.8 Å². The molecule has 1 atom stereocenters. The van der Waals surface area contributed by atoms with Gasteiger partial charge in [-0.05, 0) is 43.4 Å². The van der Waals surface area contributed by atoms with Crippen molar-refractivity contribution in [2.75, 3.05) is 18.4 Å². The first-order chi connectivity index (χ1) is 11.4. The summed E-state index contributed by atoms with van der Waals surface area (Å²) >= 11 is 0. The lowest BCUT2D eigenvalue weighted by atomic mass is 10.0. The Morgan fingerprint density at radius 3 is 2.75 bits per heavy atom. The molecule has 1 fully saturated rings. The fraction of sp³-hybridized carbons (Fsp3) is 0.556. The molecule has 0 saturated carbocycles. The molecule has 132 valence electrons. The first-order valence-electron chi connectivity index (χ1n) is 8.52. The third-order valence-corrected chi connectivity index (χ3v) is 4.24. The predicted octanol–water partition coefficient (Wildman–Crippen LogP) is 2.76. The molecule has 1 aromatic rings. The van der Waals surface area contributed by atoms with E-state index < -0.39 is 5.82 Å². The highest BCUT2D eigenvalue weighted by Gasteiger charge is 2.26. The van der Waals surface area contributed by atoms with E-state index >= 15 is 0 Å². The quantitative estimate of drug-likeness (QED) is 0.869. The van der Waals surface area contributed by atoms with Gasteiger partial charge in [-0.25, -0.2) is 4.39 Å². The van der Waals surface area contributed by atoms with Gasteiger partial charge in [0.2, 0.25) is 5.91 Å². The van der Waals surface area contributed by atoms with Crippen LogP contribution < -0.4 is 11.1 Å². The number of piperidine rings is 1. The topological polar surface area (TPSA) is 75.4 Å². The Morgan fingerprint density at radius 2 is 2.12 bits per heavy atom. The van der Waals surface area contributed by atoms with E-state index in [4.69, 9.17) is 5.73 Å². The van der Waals surface area contributed by atoms with Crippen LogP contribution in [-0.4, -0.2) is 35.8 Å². The average molecular weight is 335 g/mol. The number of hydrogen-bond donors (Lipinski definition) is 2. The largest absolute Gasteiger partial charge is 0.334 e. The maximum absolute atomic E-state index is 14.2. The zero-order chi connectivity index (χ0) is 17.7. The molecule has 5 nitrogen and oxygen atoms in total. The molecule has 24 heavy (non-hydrogen) atoms. The minimum Gasteiger partial charge on any atom is -0.334 e. The smallest absolute Gasteiger partial charge is 0.254 e. The summed E-state index contributed by atoms with van der Waals surface area (Å²) in [4.78, 5) is 26.1. The molecule has 1 aliphatic heterocycles. The molecule has 0 bridgehead atoms. The number of nitrogens with zero attached hydrogens (tertiary/aromatic N) is 1. The molecular formula is C18H26FN3O2. The molecule has 1 saturated heterocycles. The fourth-order valence-electron chi connectivity index (χ4n) is 3.00. The summed E-state index contributed by atoms with van der Waals surface area (Å²) in [5.41, 5.74) is 6.13. The van der Waals surface area contributed by atoms with E-state index in [1.54, 1.807) is 11.0 Å². The Kier molecular flexibility index (Phi) is 6.31. The average Bonchev–Trinajstić information content (AvgIpc) is 2.55. The van der Waals surface area contributed by atoms with Crippen molar-refractivity contribution in [3.8, 4) is 0 Å². The van der Waals surface area contributed by atoms with Crippen molar-refractivity contribution in [1.82, 2.24) is 4.90 Å². The molecule has 0 aliphatic carbocycles. The Labute approximate surface area is 142 Å². The summed E-state index contributed by atoms with van der Waals surface area (Å²) in [5, 5.41) is 2.55. The van der Waals surface area contributed by atoms with E-state index in [2.05, 4.69) is 5.32 Å². The highest BCUT2D eigenvalue weighted by Crippen LogP contribution is 2.22. The van der Waals surface area contributed by atoms with Crippen LogP contribution in [0.15, 0.2) is 18.2 Å². The number of rotatable bonds is 5. The molecule has 1 unspecified atom stereocenters. The first-order valence-corrected chi connectivity index (χ1v) is 8.52. The van der Waals surface area contributed by atoms with Gasteiger partial charge in [0.05, 0.1) is 5.69 Å². The van der Waals surface area contributed by atoms with E-state index in [1.165, 1.54) is 12.1 Å². The third-order valence-electron chi connectivity index (χ3n) is 4.24. The summed E-state index contributed by atoms with van der Waals surface area (Å²) in [7, 11) is 0. The monoisotopic (exact) mass is 335 g/mol. The van der Waals surface area contributed by atoms with Crippen LogP contribution in [0.25, 0.3) is 0 Å². The maximum atomic E-state index is 14.2. The van der Waals surface area contributed by atoms with Gasteiger partial charge in [0.15, 0.2) is 0 Å². The molecule has 0 aromatic heterocycles. The minimum absolute atomic E-state index is 0.0136. The van der Waals surface area contributed by atoms with Crippen LogP contribution in [0, 0.1) is 11.7 Å². The summed E-state index contributed by atoms with van der Waals surface area (Å²) in [5.74, 6) is -0.841. The van der Waals surface area contributed by atoms with Crippen molar-refractivity contribution in [3.05, 3.63) is 29.6 Å². The van der Waals surface area contributed by atoms with Crippen molar-refractivity contribution >= 4 is 17.5 Å². The van der Waals surface area contributed by atoms with Crippen molar-refractivity contribution < 1.29 is 14.0 Å². The van der Waals surface area contributed by atoms with Crippen LogP contribution in [-0.2, 0) is 4.79 Å². The number of halogens is 1. The van der Waals surface area contributed by atoms with Gasteiger partial charge in [-0.15, -0.1) is 0 Å². The Bertz CT molecular complexity index is 604. The van der Waals surface area contributed by atoms with Crippen LogP contribution >= 0.6 is 0 Å². The van der Waals surface area contributed by atoms with Crippen LogP contribution in [0.3, 0.4) is 0 Å². The van der Waals surface area contributed by atoms with Gasteiger partial charge in [0, 0.05) is 31.1 Å². The van der Waals surface area contributed by atoms with Crippen LogP contribution in [0.1, 0.15) is 49.9 Å². The van der Waals surface area contributed by atoms with Gasteiger partial charge in [-0.2, -0.15) is 0 Å². The molecule has 0 radical (unpaired) electrons. The van der Waals surface area contributed by atoms with Crippen molar-refractivity contribution in [1.29, 1.82) is 0 Å². The number of carbonyl (C=O) groups excluding carboxylic acids is 2. The number of nitrogens with two attached hydrogens (primary N) is 1. The zero-order valence-electron chi connectivity index (χ0n) is 14.3. The minimum atomic E-state index is -0.598. The summed E-state index contributed by atoms with van der Waals surface area (Å²) in [6.07, 6.45) is 3.20. The zero-order valence-corrected chi connectivity index (χ0v) is 14.3. The number of nitrogens with one attached hydrogen (secondary N) is 1. The van der Waals surface area contributed by atoms with E-state index in [-0.39, 0.29) is 35.0 Å². The van der Waals surface area contributed by atoms with Gasteiger partial charge in [-0.1, -0.05) is 13.8 Å². The molecule has 1 heterocycles. The van der Waals surface area contributed by atoms with Crippen molar-refractivity contribution in [2.24, 2.45) is 11.7 Å². The Balaban J connectivity index is 2.10. The molecule has 1 aliphatic rings. The SMILES string of the molecule is CC(C)CC(=O)Nc1ccc(C(=O)N2CCCCC2CN)cc1F. The lowest BCUT2D eigenvalue weighted by Gasteiger charge is -2.35. The molecule has 3 N–H and O–H groups in total. The summed E-state index contributed by atoms with van der Waals surface area (Å²) in [6, 6.07) is 4.20. The van der Waals surface area contributed by atoms with Crippen LogP contribution in [0.2, 0.25) is 0 Å². The molecule has 2 rings (SSSR count). The number of benzene rings is 1. The van der Waals surface area contributed by atoms with Gasteiger partial charge < -0.3 is 16.0 Å². The number of anilines is 1. The van der Waals surface area contributed by atoms with Gasteiger partial charge >= 0.3 is 0 Å². The molecule has 0 spiro atoms. The number of carbonyl (C=O) groups is 2. The highest BCUT2D eigenvalue weighted by atomic mass is 19.1. The van der Waals surface area contributed by atoms with E-state index in [0.717, 1.165) is 19.3 Å². The number of amides is 2. The van der Waals surface area contributed by atoms with Crippen molar-refractivity contribution in [3.63, 3.8) is 0 Å². The predicted molar refractivity (Wildman–Crippen MR) is 92.2 cm³/mol. The Morgan fingerprint density at radius 1 is 1.38 bits per heavy atom. The van der Waals surface area contributed by atoms with Crippen LogP contribution in [0.4, 0.5) is 10.1 Å². The maximum Gasteiger partial charge on any atom is 0.254 e. The highest BCUT2D eigenvalue weighted by molar-refractivity contribution is 5.96. The third kappa shape index (κ3) is 4.54. The van der Waals surface area contributed by atoms with E-state index in [9.17, 15) is 14.0 Å². The molecule has 2 amide bonds. The number of likely N-dealkylation sites (tertiary alicyclic amines) is 1. The summed E-state index contributed by atoms with van der Waals surface area (Å²) in [6.45, 7) is 4.90. The summed E-state index contributed by atoms with van der Waals surface area (Å²) < 4.78 is 14.2. The normalized spacial score (nSPS) is 17.9. The van der Waals surface area contributed by atoms with Gasteiger partial charge in [0.25, 0.3) is 5.91 Å². The van der Waals surface area contributed by atoms with Gasteiger partial charge in [0.1, 0.15) is 5.82 Å². The Hall–Kier alpha value is -1.95. The second-order valence-electron chi connectivity index (χ2n) is 6.72. The standard InChI is InChI=1S/C18H26FN3O2/c1-12(2)9-17(23)21-16-7-6-13(10-15(16)19)18(24)22-8-4-3-5-14(22)11-20/h6-7,10,12,14H,3-5,8-9,11,20H2,1-2H3,(H,21,23). The van der Waals surface area contributed by atoms with Crippen LogP contribution in [0.5, 0.6) is 0 Å². The van der Waals surface area contributed by atoms with Gasteiger partial charge in [-0.3, -0.25) is 9.59 Å².